The van der Waals surface area contributed by atoms with Crippen LogP contribution in [0.15, 0.2) is 101 Å². The number of aryl methyl sites for hydroxylation is 1. The molecule has 5 aromatic rings. The molecule has 0 aliphatic rings. The molecular weight excluding hydrogens is 498 g/mol. The summed E-state index contributed by atoms with van der Waals surface area (Å²) in [6.45, 7) is 4.72. The second-order valence-corrected chi connectivity index (χ2v) is 9.13. The quantitative estimate of drug-likeness (QED) is 0.208. The molecular formula is C31H26ClN3O3. The van der Waals surface area contributed by atoms with Gasteiger partial charge in [-0.1, -0.05) is 83.9 Å². The highest BCUT2D eigenvalue weighted by Gasteiger charge is 2.15. The molecule has 0 atom stereocenters. The third-order valence-electron chi connectivity index (χ3n) is 5.91. The molecule has 0 bridgehead atoms. The Morgan fingerprint density at radius 1 is 0.947 bits per heavy atom. The number of fused-ring (bicyclic) bond motifs is 1. The van der Waals surface area contributed by atoms with Gasteiger partial charge in [-0.25, -0.2) is 4.98 Å². The molecule has 0 fully saturated rings. The molecule has 0 amide bonds. The highest BCUT2D eigenvalue weighted by Crippen LogP contribution is 2.37. The van der Waals surface area contributed by atoms with Crippen molar-refractivity contribution in [3.63, 3.8) is 0 Å². The Labute approximate surface area is 225 Å². The van der Waals surface area contributed by atoms with Crippen LogP contribution < -0.4 is 15.0 Å². The van der Waals surface area contributed by atoms with Gasteiger partial charge in [0.15, 0.2) is 17.3 Å². The molecule has 0 aliphatic carbocycles. The Balaban J connectivity index is 1.53. The highest BCUT2D eigenvalue weighted by molar-refractivity contribution is 6.32. The Hall–Kier alpha value is -4.42. The van der Waals surface area contributed by atoms with Crippen molar-refractivity contribution in [2.45, 2.75) is 20.5 Å². The minimum absolute atomic E-state index is 0.264. The predicted molar refractivity (Wildman–Crippen MR) is 153 cm³/mol. The van der Waals surface area contributed by atoms with E-state index in [0.717, 1.165) is 16.7 Å². The van der Waals surface area contributed by atoms with Crippen LogP contribution in [0.4, 0.5) is 0 Å². The first kappa shape index (κ1) is 25.2. The van der Waals surface area contributed by atoms with E-state index >= 15 is 0 Å². The minimum Gasteiger partial charge on any atom is -0.490 e. The van der Waals surface area contributed by atoms with Crippen LogP contribution in [-0.4, -0.2) is 22.5 Å². The molecule has 4 aromatic carbocycles. The minimum atomic E-state index is -0.264. The summed E-state index contributed by atoms with van der Waals surface area (Å²) in [7, 11) is 0. The first-order valence-electron chi connectivity index (χ1n) is 12.3. The molecule has 1 heterocycles. The number of hydrogen-bond donors (Lipinski definition) is 0. The average molecular weight is 524 g/mol. The van der Waals surface area contributed by atoms with Crippen LogP contribution in [0.2, 0.25) is 5.02 Å². The molecule has 0 spiro atoms. The highest BCUT2D eigenvalue weighted by atomic mass is 35.5. The van der Waals surface area contributed by atoms with Gasteiger partial charge in [-0.3, -0.25) is 4.79 Å². The second kappa shape index (κ2) is 11.3. The fraction of sp³-hybridized carbons (Fsp3) is 0.129. The van der Waals surface area contributed by atoms with Crippen molar-refractivity contribution in [2.75, 3.05) is 6.61 Å². The van der Waals surface area contributed by atoms with Crippen molar-refractivity contribution in [1.29, 1.82) is 0 Å². The monoisotopic (exact) mass is 523 g/mol. The van der Waals surface area contributed by atoms with E-state index in [-0.39, 0.29) is 5.56 Å². The van der Waals surface area contributed by atoms with Crippen molar-refractivity contribution in [2.24, 2.45) is 5.10 Å². The van der Waals surface area contributed by atoms with E-state index in [4.69, 9.17) is 26.1 Å². The molecule has 190 valence electrons. The third-order valence-corrected chi connectivity index (χ3v) is 6.19. The number of ether oxygens (including phenoxy) is 2. The lowest BCUT2D eigenvalue weighted by Crippen LogP contribution is -2.20. The summed E-state index contributed by atoms with van der Waals surface area (Å²) >= 11 is 6.64. The van der Waals surface area contributed by atoms with Crippen molar-refractivity contribution in [1.82, 2.24) is 9.66 Å². The molecule has 0 aliphatic heterocycles. The van der Waals surface area contributed by atoms with Crippen LogP contribution >= 0.6 is 11.6 Å². The maximum absolute atomic E-state index is 13.4. The van der Waals surface area contributed by atoms with Gasteiger partial charge in [-0.15, -0.1) is 0 Å². The number of hydrogen-bond acceptors (Lipinski definition) is 5. The van der Waals surface area contributed by atoms with Crippen molar-refractivity contribution < 1.29 is 9.47 Å². The van der Waals surface area contributed by atoms with Gasteiger partial charge in [0.1, 0.15) is 6.61 Å². The van der Waals surface area contributed by atoms with Gasteiger partial charge in [0.05, 0.1) is 28.7 Å². The number of benzene rings is 4. The van der Waals surface area contributed by atoms with Crippen LogP contribution in [0.5, 0.6) is 11.5 Å². The zero-order valence-corrected chi connectivity index (χ0v) is 21.9. The zero-order valence-electron chi connectivity index (χ0n) is 21.1. The number of aromatic nitrogens is 2. The lowest BCUT2D eigenvalue weighted by Gasteiger charge is -2.15. The summed E-state index contributed by atoms with van der Waals surface area (Å²) in [5.41, 5.74) is 3.97. The van der Waals surface area contributed by atoms with E-state index < -0.39 is 0 Å². The summed E-state index contributed by atoms with van der Waals surface area (Å²) in [6, 6.07) is 28.4. The molecule has 0 saturated carbocycles. The van der Waals surface area contributed by atoms with Crippen LogP contribution in [-0.2, 0) is 6.61 Å². The number of halogens is 1. The zero-order chi connectivity index (χ0) is 26.5. The van der Waals surface area contributed by atoms with Crippen molar-refractivity contribution >= 4 is 28.7 Å². The van der Waals surface area contributed by atoms with Crippen molar-refractivity contribution in [3.8, 4) is 22.9 Å². The van der Waals surface area contributed by atoms with Crippen LogP contribution in [0.3, 0.4) is 0 Å². The van der Waals surface area contributed by atoms with Gasteiger partial charge in [0, 0.05) is 5.56 Å². The van der Waals surface area contributed by atoms with Gasteiger partial charge in [-0.05, 0) is 49.2 Å². The lowest BCUT2D eigenvalue weighted by molar-refractivity contribution is 0.269. The van der Waals surface area contributed by atoms with E-state index in [2.05, 4.69) is 11.2 Å². The summed E-state index contributed by atoms with van der Waals surface area (Å²) in [6.07, 6.45) is 1.57. The van der Waals surface area contributed by atoms with Gasteiger partial charge < -0.3 is 9.47 Å². The molecule has 1 aromatic heterocycles. The molecule has 0 N–H and O–H groups in total. The number of rotatable bonds is 8. The normalized spacial score (nSPS) is 11.2. The second-order valence-electron chi connectivity index (χ2n) is 8.72. The first-order valence-corrected chi connectivity index (χ1v) is 12.7. The van der Waals surface area contributed by atoms with Gasteiger partial charge in [0.25, 0.3) is 5.56 Å². The summed E-state index contributed by atoms with van der Waals surface area (Å²) in [5, 5.41) is 5.41. The molecule has 38 heavy (non-hydrogen) atoms. The standard InChI is InChI=1S/C31H26ClN3O3/c1-3-37-28-18-23(17-26(32)29(28)38-20-22-11-9-10-21(2)16-22)19-33-35-30(24-12-5-4-6-13-24)34-27-15-8-7-14-25(27)31(35)36/h4-19H,3,20H2,1-2H3. The summed E-state index contributed by atoms with van der Waals surface area (Å²) < 4.78 is 13.2. The van der Waals surface area contributed by atoms with Crippen molar-refractivity contribution in [3.05, 3.63) is 123 Å². The first-order chi connectivity index (χ1) is 18.5. The summed E-state index contributed by atoms with van der Waals surface area (Å²) in [5.74, 6) is 1.41. The number of nitrogens with zero attached hydrogens (tertiary/aromatic N) is 3. The Morgan fingerprint density at radius 2 is 1.74 bits per heavy atom. The Kier molecular flexibility index (Phi) is 7.52. The van der Waals surface area contributed by atoms with Crippen LogP contribution in [0, 0.1) is 6.92 Å². The maximum atomic E-state index is 13.4. The van der Waals surface area contributed by atoms with E-state index in [1.165, 1.54) is 4.68 Å². The van der Waals surface area contributed by atoms with Gasteiger partial charge in [-0.2, -0.15) is 9.78 Å². The Bertz CT molecular complexity index is 1680. The topological polar surface area (TPSA) is 65.7 Å². The summed E-state index contributed by atoms with van der Waals surface area (Å²) in [4.78, 5) is 18.2. The van der Waals surface area contributed by atoms with E-state index in [9.17, 15) is 4.79 Å². The van der Waals surface area contributed by atoms with Crippen LogP contribution in [0.25, 0.3) is 22.3 Å². The molecule has 5 rings (SSSR count). The van der Waals surface area contributed by atoms with Crippen LogP contribution in [0.1, 0.15) is 23.6 Å². The molecule has 0 radical (unpaired) electrons. The molecule has 0 unspecified atom stereocenters. The molecule has 6 nitrogen and oxygen atoms in total. The van der Waals surface area contributed by atoms with E-state index in [0.29, 0.717) is 52.0 Å². The fourth-order valence-electron chi connectivity index (χ4n) is 4.15. The van der Waals surface area contributed by atoms with E-state index in [1.54, 1.807) is 24.4 Å². The van der Waals surface area contributed by atoms with Gasteiger partial charge in [0.2, 0.25) is 0 Å². The maximum Gasteiger partial charge on any atom is 0.282 e. The van der Waals surface area contributed by atoms with E-state index in [1.807, 2.05) is 80.6 Å². The largest absolute Gasteiger partial charge is 0.490 e. The van der Waals surface area contributed by atoms with Gasteiger partial charge >= 0.3 is 0 Å². The SMILES string of the molecule is CCOc1cc(C=Nn2c(-c3ccccc3)nc3ccccc3c2=O)cc(Cl)c1OCc1cccc(C)c1. The smallest absolute Gasteiger partial charge is 0.282 e. The molecule has 7 heteroatoms. The third kappa shape index (κ3) is 5.45. The molecule has 0 saturated heterocycles. The average Bonchev–Trinajstić information content (AvgIpc) is 2.93. The Morgan fingerprint density at radius 3 is 2.53 bits per heavy atom. The number of para-hydroxylation sites is 1. The fourth-order valence-corrected chi connectivity index (χ4v) is 4.43. The predicted octanol–water partition coefficient (Wildman–Crippen LogP) is 6.89. The lowest BCUT2D eigenvalue weighted by atomic mass is 10.1.